The third-order valence-corrected chi connectivity index (χ3v) is 2.02. The fraction of sp³-hybridized carbons (Fsp3) is 0.0833. The maximum Gasteiger partial charge on any atom is 0.221 e. The summed E-state index contributed by atoms with van der Waals surface area (Å²) in [7, 11) is 0. The van der Waals surface area contributed by atoms with E-state index in [9.17, 15) is 4.79 Å². The van der Waals surface area contributed by atoms with Crippen molar-refractivity contribution in [2.75, 3.05) is 5.32 Å². The van der Waals surface area contributed by atoms with Crippen LogP contribution in [0.3, 0.4) is 0 Å². The van der Waals surface area contributed by atoms with E-state index in [0.717, 1.165) is 17.0 Å². The summed E-state index contributed by atoms with van der Waals surface area (Å²) in [6.07, 6.45) is 1.61. The molecule has 76 valence electrons. The van der Waals surface area contributed by atoms with Crippen molar-refractivity contribution in [2.24, 2.45) is 0 Å². The van der Waals surface area contributed by atoms with Gasteiger partial charge in [-0.3, -0.25) is 4.79 Å². The molecule has 1 aromatic carbocycles. The zero-order valence-electron chi connectivity index (χ0n) is 8.36. The van der Waals surface area contributed by atoms with Crippen LogP contribution >= 0.6 is 0 Å². The zero-order valence-corrected chi connectivity index (χ0v) is 8.36. The lowest BCUT2D eigenvalue weighted by molar-refractivity contribution is -0.114. The Bertz CT molecular complexity index is 460. The first-order chi connectivity index (χ1) is 7.27. The number of carbonyl (C=O) groups is 1. The van der Waals surface area contributed by atoms with E-state index in [4.69, 9.17) is 4.42 Å². The van der Waals surface area contributed by atoms with Gasteiger partial charge < -0.3 is 9.73 Å². The summed E-state index contributed by atoms with van der Waals surface area (Å²) in [5.74, 6) is 0.661. The number of furan rings is 1. The van der Waals surface area contributed by atoms with Crippen LogP contribution in [-0.4, -0.2) is 5.91 Å². The van der Waals surface area contributed by atoms with Crippen molar-refractivity contribution >= 4 is 11.6 Å². The fourth-order valence-electron chi connectivity index (χ4n) is 1.43. The number of para-hydroxylation sites is 1. The Morgan fingerprint density at radius 2 is 2.00 bits per heavy atom. The molecule has 0 aliphatic carbocycles. The molecule has 0 spiro atoms. The van der Waals surface area contributed by atoms with Gasteiger partial charge in [-0.05, 0) is 24.3 Å². The van der Waals surface area contributed by atoms with E-state index < -0.39 is 0 Å². The number of rotatable bonds is 2. The minimum atomic E-state index is -0.0889. The van der Waals surface area contributed by atoms with Crippen molar-refractivity contribution in [3.63, 3.8) is 0 Å². The molecular weight excluding hydrogens is 190 g/mol. The average molecular weight is 201 g/mol. The first-order valence-electron chi connectivity index (χ1n) is 4.68. The van der Waals surface area contributed by atoms with Crippen LogP contribution < -0.4 is 5.32 Å². The van der Waals surface area contributed by atoms with E-state index in [1.165, 1.54) is 6.92 Å². The molecule has 2 aromatic rings. The second kappa shape index (κ2) is 4.00. The summed E-state index contributed by atoms with van der Waals surface area (Å²) in [5.41, 5.74) is 1.65. The molecule has 0 unspecified atom stereocenters. The number of nitrogens with one attached hydrogen (secondary N) is 1. The Morgan fingerprint density at radius 1 is 1.20 bits per heavy atom. The van der Waals surface area contributed by atoms with E-state index in [2.05, 4.69) is 5.32 Å². The van der Waals surface area contributed by atoms with E-state index in [1.54, 1.807) is 6.26 Å². The fourth-order valence-corrected chi connectivity index (χ4v) is 1.43. The molecule has 1 amide bonds. The van der Waals surface area contributed by atoms with Gasteiger partial charge in [0.1, 0.15) is 5.76 Å². The Balaban J connectivity index is 2.42. The quantitative estimate of drug-likeness (QED) is 0.811. The molecule has 2 rings (SSSR count). The molecule has 0 atom stereocenters. The predicted molar refractivity (Wildman–Crippen MR) is 58.4 cm³/mol. The topological polar surface area (TPSA) is 42.2 Å². The number of hydrogen-bond donors (Lipinski definition) is 1. The van der Waals surface area contributed by atoms with E-state index in [1.807, 2.05) is 36.4 Å². The number of anilines is 1. The van der Waals surface area contributed by atoms with Crippen molar-refractivity contribution in [1.29, 1.82) is 0 Å². The molecule has 0 aliphatic heterocycles. The van der Waals surface area contributed by atoms with Gasteiger partial charge in [0.25, 0.3) is 0 Å². The van der Waals surface area contributed by atoms with Crippen molar-refractivity contribution in [1.82, 2.24) is 0 Å². The van der Waals surface area contributed by atoms with Gasteiger partial charge >= 0.3 is 0 Å². The van der Waals surface area contributed by atoms with Gasteiger partial charge in [-0.2, -0.15) is 0 Å². The zero-order chi connectivity index (χ0) is 10.7. The lowest BCUT2D eigenvalue weighted by Gasteiger charge is -2.06. The van der Waals surface area contributed by atoms with Gasteiger partial charge in [-0.1, -0.05) is 12.1 Å². The standard InChI is InChI=1S/C12H11NO2/c1-9(14)13-11-6-3-2-5-10(11)12-7-4-8-15-12/h2-8H,1H3,(H,13,14). The SMILES string of the molecule is CC(=O)Nc1ccccc1-c1ccco1. The molecule has 0 aliphatic rings. The third kappa shape index (κ3) is 2.07. The van der Waals surface area contributed by atoms with Gasteiger partial charge in [0.2, 0.25) is 5.91 Å². The molecule has 0 saturated heterocycles. The molecule has 1 aromatic heterocycles. The lowest BCUT2D eigenvalue weighted by Crippen LogP contribution is -2.06. The number of benzene rings is 1. The normalized spacial score (nSPS) is 9.93. The van der Waals surface area contributed by atoms with Gasteiger partial charge in [0.15, 0.2) is 0 Å². The van der Waals surface area contributed by atoms with Crippen LogP contribution in [0.15, 0.2) is 47.1 Å². The molecule has 3 heteroatoms. The Kier molecular flexibility index (Phi) is 2.54. The molecule has 0 saturated carbocycles. The maximum absolute atomic E-state index is 11.0. The first kappa shape index (κ1) is 9.52. The number of amides is 1. The third-order valence-electron chi connectivity index (χ3n) is 2.02. The highest BCUT2D eigenvalue weighted by Crippen LogP contribution is 2.27. The molecular formula is C12H11NO2. The van der Waals surface area contributed by atoms with Crippen LogP contribution in [0.1, 0.15) is 6.92 Å². The molecule has 0 fully saturated rings. The summed E-state index contributed by atoms with van der Waals surface area (Å²) in [6.45, 7) is 1.49. The van der Waals surface area contributed by atoms with Crippen molar-refractivity contribution < 1.29 is 9.21 Å². The Hall–Kier alpha value is -2.03. The van der Waals surface area contributed by atoms with Crippen LogP contribution in [0, 0.1) is 0 Å². The summed E-state index contributed by atoms with van der Waals surface area (Å²) in [6, 6.07) is 11.2. The van der Waals surface area contributed by atoms with E-state index in [-0.39, 0.29) is 5.91 Å². The van der Waals surface area contributed by atoms with E-state index in [0.29, 0.717) is 0 Å². The molecule has 1 N–H and O–H groups in total. The van der Waals surface area contributed by atoms with E-state index >= 15 is 0 Å². The minimum absolute atomic E-state index is 0.0889. The molecule has 15 heavy (non-hydrogen) atoms. The maximum atomic E-state index is 11.0. The first-order valence-corrected chi connectivity index (χ1v) is 4.68. The largest absolute Gasteiger partial charge is 0.464 e. The Morgan fingerprint density at radius 3 is 2.67 bits per heavy atom. The second-order valence-corrected chi connectivity index (χ2v) is 3.20. The number of hydrogen-bond acceptors (Lipinski definition) is 2. The van der Waals surface area contributed by atoms with Crippen LogP contribution in [0.5, 0.6) is 0 Å². The average Bonchev–Trinajstić information content (AvgIpc) is 2.70. The van der Waals surface area contributed by atoms with Crippen LogP contribution in [0.4, 0.5) is 5.69 Å². The highest BCUT2D eigenvalue weighted by molar-refractivity contribution is 5.93. The molecule has 3 nitrogen and oxygen atoms in total. The Labute approximate surface area is 87.7 Å². The highest BCUT2D eigenvalue weighted by Gasteiger charge is 2.07. The lowest BCUT2D eigenvalue weighted by atomic mass is 10.1. The highest BCUT2D eigenvalue weighted by atomic mass is 16.3. The minimum Gasteiger partial charge on any atom is -0.464 e. The van der Waals surface area contributed by atoms with Crippen LogP contribution in [0.25, 0.3) is 11.3 Å². The smallest absolute Gasteiger partial charge is 0.221 e. The summed E-state index contributed by atoms with van der Waals surface area (Å²) < 4.78 is 5.29. The predicted octanol–water partition coefficient (Wildman–Crippen LogP) is 2.91. The van der Waals surface area contributed by atoms with Crippen LogP contribution in [0.2, 0.25) is 0 Å². The summed E-state index contributed by atoms with van der Waals surface area (Å²) >= 11 is 0. The summed E-state index contributed by atoms with van der Waals surface area (Å²) in [4.78, 5) is 11.0. The number of carbonyl (C=O) groups excluding carboxylic acids is 1. The monoisotopic (exact) mass is 201 g/mol. The molecule has 0 radical (unpaired) electrons. The summed E-state index contributed by atoms with van der Waals surface area (Å²) in [5, 5.41) is 2.76. The van der Waals surface area contributed by atoms with Crippen molar-refractivity contribution in [2.45, 2.75) is 6.92 Å². The van der Waals surface area contributed by atoms with Gasteiger partial charge in [0.05, 0.1) is 12.0 Å². The van der Waals surface area contributed by atoms with Crippen LogP contribution in [-0.2, 0) is 4.79 Å². The van der Waals surface area contributed by atoms with Crippen molar-refractivity contribution in [3.8, 4) is 11.3 Å². The second-order valence-electron chi connectivity index (χ2n) is 3.20. The molecule has 1 heterocycles. The molecule has 0 bridgehead atoms. The van der Waals surface area contributed by atoms with Gasteiger partial charge in [-0.25, -0.2) is 0 Å². The van der Waals surface area contributed by atoms with Gasteiger partial charge in [0, 0.05) is 12.5 Å². The van der Waals surface area contributed by atoms with Gasteiger partial charge in [-0.15, -0.1) is 0 Å². The van der Waals surface area contributed by atoms with Crippen molar-refractivity contribution in [3.05, 3.63) is 42.7 Å².